The van der Waals surface area contributed by atoms with Crippen LogP contribution in [0, 0.1) is 5.92 Å². The van der Waals surface area contributed by atoms with E-state index in [1.165, 1.54) is 12.3 Å². The number of pyridine rings is 1. The smallest absolute Gasteiger partial charge is 0.339 e. The number of carboxylic acids is 1. The van der Waals surface area contributed by atoms with Crippen LogP contribution in [0.1, 0.15) is 23.2 Å². The fourth-order valence-corrected chi connectivity index (χ4v) is 2.21. The first-order valence-corrected chi connectivity index (χ1v) is 5.96. The third-order valence-electron chi connectivity index (χ3n) is 3.29. The van der Waals surface area contributed by atoms with Gasteiger partial charge in [-0.05, 0) is 24.8 Å². The Morgan fingerprint density at radius 2 is 2.17 bits per heavy atom. The molecule has 18 heavy (non-hydrogen) atoms. The number of nitrogens with two attached hydrogens (primary N) is 1. The minimum absolute atomic E-state index is 0.137. The Morgan fingerprint density at radius 3 is 2.72 bits per heavy atom. The number of hydrogen-bond donors (Lipinski definition) is 3. The molecule has 0 unspecified atom stereocenters. The normalized spacial score (nSPS) is 16.8. The zero-order chi connectivity index (χ0) is 13.1. The summed E-state index contributed by atoms with van der Waals surface area (Å²) < 4.78 is 0. The minimum Gasteiger partial charge on any atom is -0.478 e. The number of aliphatic hydroxyl groups is 1. The number of nitrogen functional groups attached to an aromatic ring is 1. The van der Waals surface area contributed by atoms with Crippen molar-refractivity contribution in [3.8, 4) is 0 Å². The van der Waals surface area contributed by atoms with Gasteiger partial charge in [0.15, 0.2) is 0 Å². The van der Waals surface area contributed by atoms with Gasteiger partial charge >= 0.3 is 5.97 Å². The summed E-state index contributed by atoms with van der Waals surface area (Å²) in [6.07, 6.45) is 3.17. The lowest BCUT2D eigenvalue weighted by molar-refractivity contribution is 0.0697. The highest BCUT2D eigenvalue weighted by Gasteiger charge is 2.23. The standard InChI is InChI=1S/C12H17N3O3/c13-9-5-10(12(17)18)11(14-6-9)15-3-1-8(7-16)2-4-15/h5-6,8,16H,1-4,7,13H2,(H,17,18). The summed E-state index contributed by atoms with van der Waals surface area (Å²) in [5, 5.41) is 18.2. The van der Waals surface area contributed by atoms with E-state index in [1.807, 2.05) is 4.90 Å². The average Bonchev–Trinajstić information content (AvgIpc) is 2.39. The van der Waals surface area contributed by atoms with Crippen LogP contribution in [0.5, 0.6) is 0 Å². The van der Waals surface area contributed by atoms with Crippen molar-refractivity contribution in [2.24, 2.45) is 5.92 Å². The summed E-state index contributed by atoms with van der Waals surface area (Å²) in [4.78, 5) is 17.2. The summed E-state index contributed by atoms with van der Waals surface area (Å²) in [5.74, 6) is -0.245. The average molecular weight is 251 g/mol. The van der Waals surface area contributed by atoms with Gasteiger partial charge in [0.1, 0.15) is 11.4 Å². The van der Waals surface area contributed by atoms with Gasteiger partial charge in [-0.2, -0.15) is 0 Å². The van der Waals surface area contributed by atoms with Crippen molar-refractivity contribution in [1.29, 1.82) is 0 Å². The zero-order valence-corrected chi connectivity index (χ0v) is 10.0. The van der Waals surface area contributed by atoms with Gasteiger partial charge in [-0.3, -0.25) is 0 Å². The molecule has 1 saturated heterocycles. The van der Waals surface area contributed by atoms with Crippen molar-refractivity contribution in [2.45, 2.75) is 12.8 Å². The molecule has 0 aliphatic carbocycles. The summed E-state index contributed by atoms with van der Waals surface area (Å²) >= 11 is 0. The van der Waals surface area contributed by atoms with Crippen molar-refractivity contribution >= 4 is 17.5 Å². The zero-order valence-electron chi connectivity index (χ0n) is 10.0. The molecule has 1 aromatic heterocycles. The molecular formula is C12H17N3O3. The van der Waals surface area contributed by atoms with Crippen molar-refractivity contribution in [1.82, 2.24) is 4.98 Å². The van der Waals surface area contributed by atoms with Crippen LogP contribution < -0.4 is 10.6 Å². The molecule has 0 spiro atoms. The Morgan fingerprint density at radius 1 is 1.50 bits per heavy atom. The van der Waals surface area contributed by atoms with Crippen molar-refractivity contribution in [2.75, 3.05) is 30.3 Å². The second kappa shape index (κ2) is 5.22. The first-order chi connectivity index (χ1) is 8.61. The van der Waals surface area contributed by atoms with Gasteiger partial charge in [-0.15, -0.1) is 0 Å². The van der Waals surface area contributed by atoms with E-state index in [-0.39, 0.29) is 12.2 Å². The van der Waals surface area contributed by atoms with E-state index < -0.39 is 5.97 Å². The van der Waals surface area contributed by atoms with Crippen LogP contribution in [-0.4, -0.2) is 40.9 Å². The number of piperidine rings is 1. The highest BCUT2D eigenvalue weighted by atomic mass is 16.4. The first kappa shape index (κ1) is 12.6. The lowest BCUT2D eigenvalue weighted by atomic mass is 9.97. The summed E-state index contributed by atoms with van der Waals surface area (Å²) in [6.45, 7) is 1.61. The number of nitrogens with zero attached hydrogens (tertiary/aromatic N) is 2. The van der Waals surface area contributed by atoms with Gasteiger partial charge in [-0.1, -0.05) is 0 Å². The molecule has 0 atom stereocenters. The van der Waals surface area contributed by atoms with E-state index in [0.717, 1.165) is 12.8 Å². The lowest BCUT2D eigenvalue weighted by Gasteiger charge is -2.32. The van der Waals surface area contributed by atoms with E-state index in [1.54, 1.807) is 0 Å². The van der Waals surface area contributed by atoms with Crippen LogP contribution in [0.15, 0.2) is 12.3 Å². The maximum atomic E-state index is 11.2. The second-order valence-corrected chi connectivity index (χ2v) is 4.56. The largest absolute Gasteiger partial charge is 0.478 e. The van der Waals surface area contributed by atoms with Gasteiger partial charge < -0.3 is 20.8 Å². The Kier molecular flexibility index (Phi) is 3.66. The Balaban J connectivity index is 2.21. The van der Waals surface area contributed by atoms with Crippen molar-refractivity contribution in [3.63, 3.8) is 0 Å². The third-order valence-corrected chi connectivity index (χ3v) is 3.29. The van der Waals surface area contributed by atoms with E-state index >= 15 is 0 Å². The van der Waals surface area contributed by atoms with E-state index in [9.17, 15) is 4.79 Å². The van der Waals surface area contributed by atoms with Crippen LogP contribution in [0.4, 0.5) is 11.5 Å². The minimum atomic E-state index is -1.02. The number of aromatic nitrogens is 1. The molecule has 0 amide bonds. The first-order valence-electron chi connectivity index (χ1n) is 5.96. The predicted octanol–water partition coefficient (Wildman–Crippen LogP) is 0.571. The molecule has 0 bridgehead atoms. The molecule has 4 N–H and O–H groups in total. The number of aliphatic hydroxyl groups excluding tert-OH is 1. The summed E-state index contributed by atoms with van der Waals surface area (Å²) in [7, 11) is 0. The number of carbonyl (C=O) groups is 1. The van der Waals surface area contributed by atoms with Gasteiger partial charge in [0.05, 0.1) is 11.9 Å². The molecule has 1 fully saturated rings. The second-order valence-electron chi connectivity index (χ2n) is 4.56. The van der Waals surface area contributed by atoms with Crippen LogP contribution in [-0.2, 0) is 0 Å². The molecular weight excluding hydrogens is 234 g/mol. The van der Waals surface area contributed by atoms with E-state index in [2.05, 4.69) is 4.98 Å². The fourth-order valence-electron chi connectivity index (χ4n) is 2.21. The fraction of sp³-hybridized carbons (Fsp3) is 0.500. The van der Waals surface area contributed by atoms with Crippen LogP contribution >= 0.6 is 0 Å². The summed E-state index contributed by atoms with van der Waals surface area (Å²) in [6, 6.07) is 1.43. The van der Waals surface area contributed by atoms with Gasteiger partial charge in [0, 0.05) is 19.7 Å². The van der Waals surface area contributed by atoms with Crippen molar-refractivity contribution < 1.29 is 15.0 Å². The van der Waals surface area contributed by atoms with E-state index in [4.69, 9.17) is 15.9 Å². The molecule has 2 rings (SSSR count). The van der Waals surface area contributed by atoms with Crippen LogP contribution in [0.3, 0.4) is 0 Å². The monoisotopic (exact) mass is 251 g/mol. The number of hydrogen-bond acceptors (Lipinski definition) is 5. The number of aromatic carboxylic acids is 1. The molecule has 1 aliphatic heterocycles. The highest BCUT2D eigenvalue weighted by Crippen LogP contribution is 2.25. The molecule has 6 nitrogen and oxygen atoms in total. The highest BCUT2D eigenvalue weighted by molar-refractivity contribution is 5.94. The molecule has 1 aliphatic rings. The molecule has 98 valence electrons. The van der Waals surface area contributed by atoms with Crippen LogP contribution in [0.25, 0.3) is 0 Å². The third kappa shape index (κ3) is 2.53. The van der Waals surface area contributed by atoms with Crippen LogP contribution in [0.2, 0.25) is 0 Å². The topological polar surface area (TPSA) is 99.7 Å². The molecule has 2 heterocycles. The Bertz CT molecular complexity index is 442. The predicted molar refractivity (Wildman–Crippen MR) is 67.6 cm³/mol. The molecule has 0 saturated carbocycles. The SMILES string of the molecule is Nc1cnc(N2CCC(CO)CC2)c(C(=O)O)c1. The van der Waals surface area contributed by atoms with Gasteiger partial charge in [-0.25, -0.2) is 9.78 Å². The molecule has 6 heteroatoms. The number of rotatable bonds is 3. The van der Waals surface area contributed by atoms with Gasteiger partial charge in [0.2, 0.25) is 0 Å². The summed E-state index contributed by atoms with van der Waals surface area (Å²) in [5.41, 5.74) is 6.05. The Labute approximate surface area is 105 Å². The van der Waals surface area contributed by atoms with E-state index in [0.29, 0.717) is 30.5 Å². The molecule has 0 aromatic carbocycles. The lowest BCUT2D eigenvalue weighted by Crippen LogP contribution is -2.36. The van der Waals surface area contributed by atoms with Crippen molar-refractivity contribution in [3.05, 3.63) is 17.8 Å². The van der Waals surface area contributed by atoms with Gasteiger partial charge in [0.25, 0.3) is 0 Å². The molecule has 1 aromatic rings. The number of anilines is 2. The maximum Gasteiger partial charge on any atom is 0.339 e. The number of carboxylic acid groups (broad SMARTS) is 1. The quantitative estimate of drug-likeness (QED) is 0.726. The Hall–Kier alpha value is -1.82. The maximum absolute atomic E-state index is 11.2. The molecule has 0 radical (unpaired) electrons.